The zero-order valence-corrected chi connectivity index (χ0v) is 18.1. The number of carbonyl (C=O) groups is 2. The number of benzene rings is 1. The number of urea groups is 1. The Balaban J connectivity index is 1.97. The minimum Gasteiger partial charge on any atom is -0.466 e. The average molecular weight is 511 g/mol. The molecule has 0 spiro atoms. The number of aromatic nitrogens is 1. The molecule has 1 fully saturated rings. The van der Waals surface area contributed by atoms with E-state index >= 15 is 0 Å². The van der Waals surface area contributed by atoms with Crippen LogP contribution in [0, 0.1) is 17.5 Å². The van der Waals surface area contributed by atoms with Crippen LogP contribution >= 0.6 is 11.6 Å². The standard InChI is InChI=1S/C20H17ClF6N4O3/c1-9-17(32)28-4-5-31(9)19(33)30-16(11-2-3-12(22)14(21)15(11)24)10-6-13(23)18(29-7-10)34-8-20(25,26)27/h2-3,6-7,9,16H,4-5,8H2,1H3,(H,28,32)(H,30,33)/t9-,16?/m1/s1. The largest absolute Gasteiger partial charge is 0.466 e. The number of piperazine rings is 1. The number of halogens is 7. The van der Waals surface area contributed by atoms with E-state index in [1.807, 2.05) is 0 Å². The molecule has 3 amide bonds. The molecule has 184 valence electrons. The molecule has 1 aliphatic heterocycles. The molecule has 14 heteroatoms. The SMILES string of the molecule is C[C@@H]1C(=O)NCCN1C(=O)NC(c1cnc(OCC(F)(F)F)c(F)c1)c1ccc(F)c(Cl)c1F. The summed E-state index contributed by atoms with van der Waals surface area (Å²) in [5.41, 5.74) is -0.583. The van der Waals surface area contributed by atoms with Gasteiger partial charge in [0, 0.05) is 30.4 Å². The molecule has 3 rings (SSSR count). The molecule has 1 unspecified atom stereocenters. The van der Waals surface area contributed by atoms with Crippen LogP contribution in [0.25, 0.3) is 0 Å². The number of alkyl halides is 3. The van der Waals surface area contributed by atoms with E-state index in [0.717, 1.165) is 23.2 Å². The number of carbonyl (C=O) groups excluding carboxylic acids is 2. The first-order chi connectivity index (χ1) is 15.9. The highest BCUT2D eigenvalue weighted by Crippen LogP contribution is 2.31. The number of amides is 3. The van der Waals surface area contributed by atoms with E-state index in [2.05, 4.69) is 20.4 Å². The molecule has 0 aliphatic carbocycles. The highest BCUT2D eigenvalue weighted by molar-refractivity contribution is 6.31. The second-order valence-electron chi connectivity index (χ2n) is 7.27. The van der Waals surface area contributed by atoms with Gasteiger partial charge in [0.15, 0.2) is 12.4 Å². The van der Waals surface area contributed by atoms with Crippen LogP contribution in [-0.2, 0) is 4.79 Å². The summed E-state index contributed by atoms with van der Waals surface area (Å²) < 4.78 is 84.3. The summed E-state index contributed by atoms with van der Waals surface area (Å²) in [6.07, 6.45) is -3.88. The van der Waals surface area contributed by atoms with Crippen molar-refractivity contribution in [1.82, 2.24) is 20.5 Å². The third-order valence-electron chi connectivity index (χ3n) is 4.94. The fraction of sp³-hybridized carbons (Fsp3) is 0.350. The van der Waals surface area contributed by atoms with Gasteiger partial charge in [0.2, 0.25) is 5.91 Å². The topological polar surface area (TPSA) is 83.6 Å². The monoisotopic (exact) mass is 510 g/mol. The van der Waals surface area contributed by atoms with Crippen LogP contribution in [-0.4, -0.2) is 53.7 Å². The van der Waals surface area contributed by atoms with E-state index in [1.165, 1.54) is 6.92 Å². The van der Waals surface area contributed by atoms with E-state index in [1.54, 1.807) is 0 Å². The molecule has 34 heavy (non-hydrogen) atoms. The summed E-state index contributed by atoms with van der Waals surface area (Å²) in [5.74, 6) is -5.07. The molecule has 1 saturated heterocycles. The lowest BCUT2D eigenvalue weighted by Crippen LogP contribution is -2.58. The highest BCUT2D eigenvalue weighted by Gasteiger charge is 2.33. The average Bonchev–Trinajstić information content (AvgIpc) is 2.76. The van der Waals surface area contributed by atoms with Gasteiger partial charge in [0.1, 0.15) is 22.7 Å². The summed E-state index contributed by atoms with van der Waals surface area (Å²) in [7, 11) is 0. The van der Waals surface area contributed by atoms with E-state index in [-0.39, 0.29) is 24.2 Å². The molecule has 0 bridgehead atoms. The molecule has 7 nitrogen and oxygen atoms in total. The van der Waals surface area contributed by atoms with Crippen LogP contribution in [0.15, 0.2) is 24.4 Å². The van der Waals surface area contributed by atoms with Crippen LogP contribution in [0.1, 0.15) is 24.1 Å². The molecule has 2 N–H and O–H groups in total. The van der Waals surface area contributed by atoms with Crippen molar-refractivity contribution in [3.63, 3.8) is 0 Å². The van der Waals surface area contributed by atoms with Gasteiger partial charge in [-0.15, -0.1) is 0 Å². The Morgan fingerprint density at radius 1 is 1.32 bits per heavy atom. The quantitative estimate of drug-likeness (QED) is 0.474. The number of nitrogens with zero attached hydrogens (tertiary/aromatic N) is 2. The van der Waals surface area contributed by atoms with Crippen LogP contribution in [0.3, 0.4) is 0 Å². The second kappa shape index (κ2) is 9.95. The Bertz CT molecular complexity index is 1100. The Morgan fingerprint density at radius 3 is 2.68 bits per heavy atom. The van der Waals surface area contributed by atoms with Crippen molar-refractivity contribution in [1.29, 1.82) is 0 Å². The van der Waals surface area contributed by atoms with Gasteiger partial charge < -0.3 is 20.3 Å². The van der Waals surface area contributed by atoms with Crippen LogP contribution in [0.4, 0.5) is 31.1 Å². The maximum atomic E-state index is 14.8. The fourth-order valence-corrected chi connectivity index (χ4v) is 3.40. The van der Waals surface area contributed by atoms with E-state index in [9.17, 15) is 35.9 Å². The van der Waals surface area contributed by atoms with Crippen molar-refractivity contribution in [2.75, 3.05) is 19.7 Å². The molecular formula is C20H17ClF6N4O3. The molecule has 0 radical (unpaired) electrons. The Morgan fingerprint density at radius 2 is 2.03 bits per heavy atom. The third kappa shape index (κ3) is 5.64. The first-order valence-corrected chi connectivity index (χ1v) is 10.1. The number of ether oxygens (including phenoxy) is 1. The van der Waals surface area contributed by atoms with Crippen molar-refractivity contribution in [3.8, 4) is 5.88 Å². The van der Waals surface area contributed by atoms with Crippen molar-refractivity contribution < 1.29 is 40.7 Å². The first-order valence-electron chi connectivity index (χ1n) is 9.72. The first kappa shape index (κ1) is 25.4. The van der Waals surface area contributed by atoms with Gasteiger partial charge in [-0.2, -0.15) is 13.2 Å². The van der Waals surface area contributed by atoms with E-state index < -0.39 is 65.2 Å². The van der Waals surface area contributed by atoms with Gasteiger partial charge in [-0.1, -0.05) is 17.7 Å². The van der Waals surface area contributed by atoms with Crippen molar-refractivity contribution >= 4 is 23.5 Å². The molecule has 1 aromatic heterocycles. The fourth-order valence-electron chi connectivity index (χ4n) is 3.23. The summed E-state index contributed by atoms with van der Waals surface area (Å²) in [6, 6.07) is -0.760. The van der Waals surface area contributed by atoms with Gasteiger partial charge in [0.25, 0.3) is 5.88 Å². The minimum absolute atomic E-state index is 0.106. The van der Waals surface area contributed by atoms with Gasteiger partial charge in [-0.3, -0.25) is 4.79 Å². The third-order valence-corrected chi connectivity index (χ3v) is 5.28. The maximum absolute atomic E-state index is 14.8. The Kier molecular flexibility index (Phi) is 7.44. The lowest BCUT2D eigenvalue weighted by atomic mass is 9.99. The smallest absolute Gasteiger partial charge is 0.422 e. The Labute approximate surface area is 194 Å². The van der Waals surface area contributed by atoms with E-state index in [0.29, 0.717) is 6.07 Å². The number of pyridine rings is 1. The van der Waals surface area contributed by atoms with Gasteiger partial charge >= 0.3 is 12.2 Å². The molecule has 2 aromatic rings. The van der Waals surface area contributed by atoms with Gasteiger partial charge in [-0.25, -0.2) is 22.9 Å². The second-order valence-corrected chi connectivity index (χ2v) is 7.64. The summed E-state index contributed by atoms with van der Waals surface area (Å²) in [5, 5.41) is 4.09. The highest BCUT2D eigenvalue weighted by atomic mass is 35.5. The summed E-state index contributed by atoms with van der Waals surface area (Å²) in [6.45, 7) is -0.0889. The maximum Gasteiger partial charge on any atom is 0.422 e. The number of hydrogen-bond acceptors (Lipinski definition) is 4. The predicted molar refractivity (Wildman–Crippen MR) is 107 cm³/mol. The number of hydrogen-bond donors (Lipinski definition) is 2. The van der Waals surface area contributed by atoms with Gasteiger partial charge in [0.05, 0.1) is 6.04 Å². The normalized spacial score (nSPS) is 17.2. The summed E-state index contributed by atoms with van der Waals surface area (Å²) in [4.78, 5) is 29.4. The van der Waals surface area contributed by atoms with Crippen molar-refractivity contribution in [3.05, 3.63) is 58.0 Å². The van der Waals surface area contributed by atoms with E-state index in [4.69, 9.17) is 11.6 Å². The minimum atomic E-state index is -4.74. The lowest BCUT2D eigenvalue weighted by molar-refractivity contribution is -0.154. The number of rotatable bonds is 5. The Hall–Kier alpha value is -3.22. The molecule has 1 aliphatic rings. The predicted octanol–water partition coefficient (Wildman–Crippen LogP) is 3.71. The number of nitrogens with one attached hydrogen (secondary N) is 2. The van der Waals surface area contributed by atoms with Crippen LogP contribution in [0.2, 0.25) is 5.02 Å². The van der Waals surface area contributed by atoms with Crippen LogP contribution in [0.5, 0.6) is 5.88 Å². The zero-order valence-electron chi connectivity index (χ0n) is 17.4. The van der Waals surface area contributed by atoms with Gasteiger partial charge in [-0.05, 0) is 19.1 Å². The molecular weight excluding hydrogens is 494 g/mol. The molecule has 1 aromatic carbocycles. The molecule has 0 saturated carbocycles. The van der Waals surface area contributed by atoms with Crippen molar-refractivity contribution in [2.24, 2.45) is 0 Å². The molecule has 2 atom stereocenters. The van der Waals surface area contributed by atoms with Crippen molar-refractivity contribution in [2.45, 2.75) is 25.2 Å². The zero-order chi connectivity index (χ0) is 25.2. The summed E-state index contributed by atoms with van der Waals surface area (Å²) >= 11 is 5.64. The van der Waals surface area contributed by atoms with Crippen LogP contribution < -0.4 is 15.4 Å². The lowest BCUT2D eigenvalue weighted by Gasteiger charge is -2.34. The molecule has 2 heterocycles.